The number of hydrogen-bond donors (Lipinski definition) is 1. The zero-order chi connectivity index (χ0) is 13.8. The van der Waals surface area contributed by atoms with Crippen molar-refractivity contribution >= 4 is 17.4 Å². The molecule has 0 amide bonds. The van der Waals surface area contributed by atoms with E-state index in [1.807, 2.05) is 13.8 Å². The van der Waals surface area contributed by atoms with E-state index >= 15 is 0 Å². The quantitative estimate of drug-likeness (QED) is 0.862. The van der Waals surface area contributed by atoms with Crippen molar-refractivity contribution in [2.24, 2.45) is 11.1 Å². The molecule has 4 heteroatoms. The molecule has 0 spiro atoms. The Kier molecular flexibility index (Phi) is 5.29. The van der Waals surface area contributed by atoms with Crippen LogP contribution in [0.5, 0.6) is 0 Å². The fraction of sp³-hybridized carbons (Fsp3) is 0.500. The largest absolute Gasteiger partial charge is 0.329 e. The van der Waals surface area contributed by atoms with E-state index in [1.165, 1.54) is 12.1 Å². The van der Waals surface area contributed by atoms with E-state index in [2.05, 4.69) is 0 Å². The van der Waals surface area contributed by atoms with E-state index in [0.717, 1.165) is 0 Å². The van der Waals surface area contributed by atoms with Crippen LogP contribution in [0, 0.1) is 11.2 Å². The Labute approximate surface area is 112 Å². The lowest BCUT2D eigenvalue weighted by Gasteiger charge is -2.28. The van der Waals surface area contributed by atoms with Gasteiger partial charge in [-0.1, -0.05) is 31.5 Å². The first-order chi connectivity index (χ1) is 8.49. The molecule has 0 bridgehead atoms. The lowest BCUT2D eigenvalue weighted by molar-refractivity contribution is -0.128. The van der Waals surface area contributed by atoms with Gasteiger partial charge in [0.1, 0.15) is 11.6 Å². The van der Waals surface area contributed by atoms with Crippen LogP contribution in [-0.4, -0.2) is 12.3 Å². The topological polar surface area (TPSA) is 43.1 Å². The summed E-state index contributed by atoms with van der Waals surface area (Å²) in [5.74, 6) is -0.323. The van der Waals surface area contributed by atoms with E-state index in [-0.39, 0.29) is 12.2 Å². The predicted octanol–water partition coefficient (Wildman–Crippen LogP) is 3.36. The van der Waals surface area contributed by atoms with Crippen LogP contribution < -0.4 is 5.73 Å². The van der Waals surface area contributed by atoms with Gasteiger partial charge in [-0.05, 0) is 30.5 Å². The molecule has 0 fully saturated rings. The molecular weight excluding hydrogens is 253 g/mol. The molecule has 100 valence electrons. The molecular formula is C14H19ClFNO. The Bertz CT molecular complexity index is 422. The predicted molar refractivity (Wildman–Crippen MR) is 72.2 cm³/mol. The molecule has 2 nitrogen and oxygen atoms in total. The highest BCUT2D eigenvalue weighted by atomic mass is 35.5. The van der Waals surface area contributed by atoms with Crippen molar-refractivity contribution in [3.8, 4) is 0 Å². The van der Waals surface area contributed by atoms with Crippen LogP contribution in [0.4, 0.5) is 4.39 Å². The molecule has 1 rings (SSSR count). The SMILES string of the molecule is CCC(CC)(CN)C(=O)Cc1ccc(F)cc1Cl. The van der Waals surface area contributed by atoms with Gasteiger partial charge in [-0.25, -0.2) is 4.39 Å². The monoisotopic (exact) mass is 271 g/mol. The maximum absolute atomic E-state index is 12.9. The second-order valence-corrected chi connectivity index (χ2v) is 4.93. The van der Waals surface area contributed by atoms with Crippen molar-refractivity contribution in [3.05, 3.63) is 34.6 Å². The van der Waals surface area contributed by atoms with Crippen LogP contribution in [0.3, 0.4) is 0 Å². The minimum absolute atomic E-state index is 0.0727. The highest BCUT2D eigenvalue weighted by Gasteiger charge is 2.33. The van der Waals surface area contributed by atoms with Gasteiger partial charge in [-0.3, -0.25) is 4.79 Å². The van der Waals surface area contributed by atoms with Crippen LogP contribution in [0.1, 0.15) is 32.3 Å². The van der Waals surface area contributed by atoms with Crippen molar-refractivity contribution < 1.29 is 9.18 Å². The average Bonchev–Trinajstić information content (AvgIpc) is 2.36. The highest BCUT2D eigenvalue weighted by molar-refractivity contribution is 6.31. The zero-order valence-electron chi connectivity index (χ0n) is 10.8. The molecule has 1 aromatic carbocycles. The Morgan fingerprint density at radius 1 is 1.39 bits per heavy atom. The lowest BCUT2D eigenvalue weighted by Crippen LogP contribution is -2.38. The highest BCUT2D eigenvalue weighted by Crippen LogP contribution is 2.29. The summed E-state index contributed by atoms with van der Waals surface area (Å²) in [6.07, 6.45) is 1.62. The molecule has 0 saturated heterocycles. The Morgan fingerprint density at radius 3 is 2.44 bits per heavy atom. The average molecular weight is 272 g/mol. The summed E-state index contributed by atoms with van der Waals surface area (Å²) in [6, 6.07) is 4.10. The molecule has 0 aliphatic carbocycles. The molecule has 0 heterocycles. The van der Waals surface area contributed by atoms with Crippen LogP contribution in [0.25, 0.3) is 0 Å². The molecule has 1 aromatic rings. The van der Waals surface area contributed by atoms with Crippen LogP contribution in [-0.2, 0) is 11.2 Å². The van der Waals surface area contributed by atoms with E-state index in [0.29, 0.717) is 30.0 Å². The third-order valence-electron chi connectivity index (χ3n) is 3.70. The standard InChI is InChI=1S/C14H19ClFNO/c1-3-14(4-2,9-17)13(18)7-10-5-6-11(16)8-12(10)15/h5-6,8H,3-4,7,9,17H2,1-2H3. The van der Waals surface area contributed by atoms with Gasteiger partial charge < -0.3 is 5.73 Å². The molecule has 18 heavy (non-hydrogen) atoms. The number of hydrogen-bond acceptors (Lipinski definition) is 2. The van der Waals surface area contributed by atoms with E-state index in [1.54, 1.807) is 6.07 Å². The molecule has 2 N–H and O–H groups in total. The molecule has 0 radical (unpaired) electrons. The summed E-state index contributed by atoms with van der Waals surface area (Å²) in [4.78, 5) is 12.3. The first-order valence-electron chi connectivity index (χ1n) is 6.16. The maximum atomic E-state index is 12.9. The summed E-state index contributed by atoms with van der Waals surface area (Å²) in [6.45, 7) is 4.25. The lowest BCUT2D eigenvalue weighted by atomic mass is 9.76. The van der Waals surface area contributed by atoms with Gasteiger partial charge in [-0.2, -0.15) is 0 Å². The van der Waals surface area contributed by atoms with E-state index in [9.17, 15) is 9.18 Å². The van der Waals surface area contributed by atoms with Crippen LogP contribution in [0.2, 0.25) is 5.02 Å². The number of nitrogens with two attached hydrogens (primary N) is 1. The number of Topliss-reactive ketones (excluding diaryl/α,β-unsaturated/α-hetero) is 1. The third kappa shape index (κ3) is 3.09. The van der Waals surface area contributed by atoms with Gasteiger partial charge >= 0.3 is 0 Å². The third-order valence-corrected chi connectivity index (χ3v) is 4.05. The number of rotatable bonds is 6. The van der Waals surface area contributed by atoms with Crippen molar-refractivity contribution in [3.63, 3.8) is 0 Å². The summed E-state index contributed by atoms with van der Waals surface area (Å²) in [5, 5.41) is 0.293. The van der Waals surface area contributed by atoms with Crippen LogP contribution in [0.15, 0.2) is 18.2 Å². The van der Waals surface area contributed by atoms with E-state index < -0.39 is 11.2 Å². The Hall–Kier alpha value is -0.930. The molecule has 0 aliphatic heterocycles. The van der Waals surface area contributed by atoms with Gasteiger partial charge in [0.25, 0.3) is 0 Å². The number of halogens is 2. The Morgan fingerprint density at radius 2 is 2.00 bits per heavy atom. The van der Waals surface area contributed by atoms with Crippen molar-refractivity contribution in [1.82, 2.24) is 0 Å². The number of carbonyl (C=O) groups excluding carboxylic acids is 1. The summed E-state index contributed by atoms with van der Waals surface area (Å²) < 4.78 is 12.9. The maximum Gasteiger partial charge on any atom is 0.144 e. The molecule has 0 aromatic heterocycles. The first-order valence-corrected chi connectivity index (χ1v) is 6.54. The zero-order valence-corrected chi connectivity index (χ0v) is 11.6. The molecule has 0 saturated carbocycles. The Balaban J connectivity index is 2.93. The van der Waals surface area contributed by atoms with Crippen molar-refractivity contribution in [1.29, 1.82) is 0 Å². The second-order valence-electron chi connectivity index (χ2n) is 4.53. The van der Waals surface area contributed by atoms with Gasteiger partial charge in [0, 0.05) is 23.4 Å². The molecule has 0 unspecified atom stereocenters. The minimum atomic E-state index is -0.488. The minimum Gasteiger partial charge on any atom is -0.329 e. The normalized spacial score (nSPS) is 11.6. The van der Waals surface area contributed by atoms with Crippen molar-refractivity contribution in [2.45, 2.75) is 33.1 Å². The van der Waals surface area contributed by atoms with Gasteiger partial charge in [-0.15, -0.1) is 0 Å². The fourth-order valence-corrected chi connectivity index (χ4v) is 2.31. The van der Waals surface area contributed by atoms with Gasteiger partial charge in [0.05, 0.1) is 0 Å². The number of benzene rings is 1. The summed E-state index contributed by atoms with van der Waals surface area (Å²) in [7, 11) is 0. The summed E-state index contributed by atoms with van der Waals surface area (Å²) in [5.41, 5.74) is 5.90. The van der Waals surface area contributed by atoms with E-state index in [4.69, 9.17) is 17.3 Å². The van der Waals surface area contributed by atoms with Gasteiger partial charge in [0.2, 0.25) is 0 Å². The molecule has 0 atom stereocenters. The van der Waals surface area contributed by atoms with Crippen molar-refractivity contribution in [2.75, 3.05) is 6.54 Å². The smallest absolute Gasteiger partial charge is 0.144 e. The van der Waals surface area contributed by atoms with Gasteiger partial charge in [0.15, 0.2) is 0 Å². The second kappa shape index (κ2) is 6.30. The van der Waals surface area contributed by atoms with Crippen LogP contribution >= 0.6 is 11.6 Å². The summed E-state index contributed by atoms with van der Waals surface area (Å²) >= 11 is 5.93. The number of ketones is 1. The first kappa shape index (κ1) is 15.1. The fourth-order valence-electron chi connectivity index (χ4n) is 2.07. The number of carbonyl (C=O) groups is 1. The molecule has 0 aliphatic rings.